The molecule has 0 atom stereocenters. The van der Waals surface area contributed by atoms with E-state index in [0.29, 0.717) is 17.7 Å². The van der Waals surface area contributed by atoms with Gasteiger partial charge in [-0.3, -0.25) is 0 Å². The molecule has 0 unspecified atom stereocenters. The van der Waals surface area contributed by atoms with Crippen LogP contribution in [0.4, 0.5) is 5.95 Å². The number of oxime groups is 1. The first-order chi connectivity index (χ1) is 7.60. The fraction of sp³-hybridized carbons (Fsp3) is 0.500. The molecule has 0 aromatic carbocycles. The molecule has 1 rings (SSSR count). The van der Waals surface area contributed by atoms with Crippen LogP contribution in [0.1, 0.15) is 26.5 Å². The molecule has 0 radical (unpaired) electrons. The summed E-state index contributed by atoms with van der Waals surface area (Å²) in [6.45, 7) is 6.95. The SMILES string of the molecule is CCN(c1nccc(/C(N)=N/O)n1)C(C)C. The van der Waals surface area contributed by atoms with Gasteiger partial charge in [0.25, 0.3) is 0 Å². The Hall–Kier alpha value is -1.85. The summed E-state index contributed by atoms with van der Waals surface area (Å²) in [5.41, 5.74) is 5.89. The third-order valence-corrected chi connectivity index (χ3v) is 2.23. The third-order valence-electron chi connectivity index (χ3n) is 2.23. The second kappa shape index (κ2) is 5.29. The number of hydrogen-bond donors (Lipinski definition) is 2. The van der Waals surface area contributed by atoms with Crippen LogP contribution in [0.3, 0.4) is 0 Å². The number of nitrogens with two attached hydrogens (primary N) is 1. The summed E-state index contributed by atoms with van der Waals surface area (Å²) in [7, 11) is 0. The van der Waals surface area contributed by atoms with E-state index >= 15 is 0 Å². The molecular formula is C10H17N5O. The first-order valence-electron chi connectivity index (χ1n) is 5.17. The standard InChI is InChI=1S/C10H17N5O/c1-4-15(7(2)3)10-12-6-5-8(13-10)9(11)14-16/h5-7,16H,4H2,1-3H3,(H2,11,14). The van der Waals surface area contributed by atoms with Crippen LogP contribution in [0.15, 0.2) is 17.4 Å². The molecule has 6 heteroatoms. The van der Waals surface area contributed by atoms with E-state index in [2.05, 4.69) is 29.0 Å². The number of rotatable bonds is 4. The molecule has 3 N–H and O–H groups in total. The third kappa shape index (κ3) is 2.59. The summed E-state index contributed by atoms with van der Waals surface area (Å²) in [5.74, 6) is 0.574. The first kappa shape index (κ1) is 12.2. The molecule has 0 saturated carbocycles. The smallest absolute Gasteiger partial charge is 0.226 e. The molecule has 0 spiro atoms. The minimum absolute atomic E-state index is 0.0107. The summed E-state index contributed by atoms with van der Waals surface area (Å²) in [6.07, 6.45) is 1.60. The molecule has 16 heavy (non-hydrogen) atoms. The molecule has 1 heterocycles. The van der Waals surface area contributed by atoms with E-state index in [1.54, 1.807) is 12.3 Å². The normalized spacial score (nSPS) is 11.9. The number of amidine groups is 1. The van der Waals surface area contributed by atoms with E-state index in [4.69, 9.17) is 10.9 Å². The topological polar surface area (TPSA) is 87.6 Å². The van der Waals surface area contributed by atoms with Gasteiger partial charge in [-0.25, -0.2) is 9.97 Å². The summed E-state index contributed by atoms with van der Waals surface area (Å²) in [6, 6.07) is 1.90. The van der Waals surface area contributed by atoms with E-state index in [0.717, 1.165) is 6.54 Å². The van der Waals surface area contributed by atoms with E-state index in [1.165, 1.54) is 0 Å². The molecule has 0 bridgehead atoms. The van der Waals surface area contributed by atoms with Crippen molar-refractivity contribution in [3.8, 4) is 0 Å². The Morgan fingerprint density at radius 3 is 2.81 bits per heavy atom. The monoisotopic (exact) mass is 223 g/mol. The van der Waals surface area contributed by atoms with Gasteiger partial charge in [0.2, 0.25) is 5.95 Å². The lowest BCUT2D eigenvalue weighted by atomic mass is 10.3. The Morgan fingerprint density at radius 1 is 1.62 bits per heavy atom. The first-order valence-corrected chi connectivity index (χ1v) is 5.17. The molecule has 6 nitrogen and oxygen atoms in total. The molecule has 0 amide bonds. The van der Waals surface area contributed by atoms with Gasteiger partial charge < -0.3 is 15.8 Å². The second-order valence-corrected chi connectivity index (χ2v) is 3.61. The van der Waals surface area contributed by atoms with Crippen LogP contribution >= 0.6 is 0 Å². The summed E-state index contributed by atoms with van der Waals surface area (Å²) < 4.78 is 0. The molecule has 0 fully saturated rings. The molecular weight excluding hydrogens is 206 g/mol. The Labute approximate surface area is 94.8 Å². The van der Waals surface area contributed by atoms with Crippen molar-refractivity contribution >= 4 is 11.8 Å². The molecule has 0 aliphatic heterocycles. The van der Waals surface area contributed by atoms with Crippen molar-refractivity contribution in [2.24, 2.45) is 10.9 Å². The summed E-state index contributed by atoms with van der Waals surface area (Å²) >= 11 is 0. The fourth-order valence-electron chi connectivity index (χ4n) is 1.42. The van der Waals surface area contributed by atoms with Gasteiger partial charge in [0, 0.05) is 18.8 Å². The van der Waals surface area contributed by atoms with Crippen LogP contribution in [0.2, 0.25) is 0 Å². The van der Waals surface area contributed by atoms with Crippen LogP contribution in [0.5, 0.6) is 0 Å². The average Bonchev–Trinajstić information content (AvgIpc) is 2.29. The number of hydrogen-bond acceptors (Lipinski definition) is 5. The zero-order chi connectivity index (χ0) is 12.1. The lowest BCUT2D eigenvalue weighted by Gasteiger charge is -2.25. The van der Waals surface area contributed by atoms with Crippen molar-refractivity contribution in [3.63, 3.8) is 0 Å². The van der Waals surface area contributed by atoms with E-state index < -0.39 is 0 Å². The van der Waals surface area contributed by atoms with E-state index in [1.807, 2.05) is 11.8 Å². The van der Waals surface area contributed by atoms with Crippen LogP contribution < -0.4 is 10.6 Å². The Morgan fingerprint density at radius 2 is 2.31 bits per heavy atom. The van der Waals surface area contributed by atoms with Gasteiger partial charge >= 0.3 is 0 Å². The molecule has 1 aromatic heterocycles. The maximum absolute atomic E-state index is 8.57. The van der Waals surface area contributed by atoms with Crippen molar-refractivity contribution in [2.45, 2.75) is 26.8 Å². The van der Waals surface area contributed by atoms with Gasteiger partial charge in [-0.2, -0.15) is 0 Å². The highest BCUT2D eigenvalue weighted by Crippen LogP contribution is 2.10. The summed E-state index contributed by atoms with van der Waals surface area (Å²) in [5, 5.41) is 11.5. The predicted octanol–water partition coefficient (Wildman–Crippen LogP) is 0.806. The predicted molar refractivity (Wildman–Crippen MR) is 62.7 cm³/mol. The number of anilines is 1. The maximum Gasteiger partial charge on any atom is 0.226 e. The zero-order valence-corrected chi connectivity index (χ0v) is 9.75. The minimum Gasteiger partial charge on any atom is -0.409 e. The van der Waals surface area contributed by atoms with Gasteiger partial charge in [-0.1, -0.05) is 5.16 Å². The Balaban J connectivity index is 3.06. The van der Waals surface area contributed by atoms with Crippen molar-refractivity contribution in [1.82, 2.24) is 9.97 Å². The van der Waals surface area contributed by atoms with Crippen molar-refractivity contribution in [2.75, 3.05) is 11.4 Å². The van der Waals surface area contributed by atoms with Gasteiger partial charge in [-0.15, -0.1) is 0 Å². The van der Waals surface area contributed by atoms with Gasteiger partial charge in [0.05, 0.1) is 0 Å². The Bertz CT molecular complexity index is 377. The minimum atomic E-state index is -0.0107. The largest absolute Gasteiger partial charge is 0.409 e. The van der Waals surface area contributed by atoms with Gasteiger partial charge in [0.1, 0.15) is 5.69 Å². The lowest BCUT2D eigenvalue weighted by molar-refractivity contribution is 0.318. The summed E-state index contributed by atoms with van der Waals surface area (Å²) in [4.78, 5) is 10.4. The maximum atomic E-state index is 8.57. The van der Waals surface area contributed by atoms with Crippen LogP contribution in [-0.2, 0) is 0 Å². The quantitative estimate of drug-likeness (QED) is 0.341. The van der Waals surface area contributed by atoms with Crippen molar-refractivity contribution < 1.29 is 5.21 Å². The molecule has 0 aliphatic carbocycles. The van der Waals surface area contributed by atoms with Crippen LogP contribution in [0, 0.1) is 0 Å². The average molecular weight is 223 g/mol. The molecule has 88 valence electrons. The number of aromatic nitrogens is 2. The second-order valence-electron chi connectivity index (χ2n) is 3.61. The number of nitrogens with zero attached hydrogens (tertiary/aromatic N) is 4. The molecule has 0 aliphatic rings. The zero-order valence-electron chi connectivity index (χ0n) is 9.75. The van der Waals surface area contributed by atoms with E-state index in [9.17, 15) is 0 Å². The highest BCUT2D eigenvalue weighted by Gasteiger charge is 2.12. The fourth-order valence-corrected chi connectivity index (χ4v) is 1.42. The highest BCUT2D eigenvalue weighted by atomic mass is 16.4. The van der Waals surface area contributed by atoms with E-state index in [-0.39, 0.29) is 5.84 Å². The lowest BCUT2D eigenvalue weighted by Crippen LogP contribution is -2.32. The van der Waals surface area contributed by atoms with Crippen LogP contribution in [0.25, 0.3) is 0 Å². The molecule has 0 saturated heterocycles. The Kier molecular flexibility index (Phi) is 4.04. The molecule has 1 aromatic rings. The van der Waals surface area contributed by atoms with Crippen molar-refractivity contribution in [3.05, 3.63) is 18.0 Å². The van der Waals surface area contributed by atoms with Crippen molar-refractivity contribution in [1.29, 1.82) is 0 Å². The van der Waals surface area contributed by atoms with Gasteiger partial charge in [0.15, 0.2) is 5.84 Å². The van der Waals surface area contributed by atoms with Crippen LogP contribution in [-0.4, -0.2) is 33.6 Å². The highest BCUT2D eigenvalue weighted by molar-refractivity contribution is 5.95. The van der Waals surface area contributed by atoms with Gasteiger partial charge in [-0.05, 0) is 26.8 Å².